The van der Waals surface area contributed by atoms with E-state index in [-0.39, 0.29) is 17.9 Å². The van der Waals surface area contributed by atoms with Crippen LogP contribution in [0.3, 0.4) is 0 Å². The molecule has 236 valence electrons. The van der Waals surface area contributed by atoms with Gasteiger partial charge in [-0.2, -0.15) is 11.8 Å². The number of likely N-dealkylation sites (N-methyl/N-ethyl adjacent to an activating group) is 2. The Bertz CT molecular complexity index is 1140. The van der Waals surface area contributed by atoms with E-state index < -0.39 is 45.8 Å². The highest BCUT2D eigenvalue weighted by molar-refractivity contribution is 8.00. The highest BCUT2D eigenvalue weighted by Gasteiger charge is 2.47. The van der Waals surface area contributed by atoms with Crippen molar-refractivity contribution in [2.24, 2.45) is 5.92 Å². The van der Waals surface area contributed by atoms with Gasteiger partial charge in [0, 0.05) is 24.3 Å². The number of aliphatic carboxylic acids is 1. The molecule has 3 atom stereocenters. The number of allylic oxidation sites excluding steroid dienone is 1. The number of ether oxygens (including phenoxy) is 1. The standard InChI is InChI=1S/C32H51N3O6S/c1-20(2)19-23(21(3)4)34(11)27(37)24(32(9,10)42-13)33-26(36)25(30(5,6)22-17-15-14-16-18-22)35(12)29(40)41-31(7,8)28(38)39/h14-19,21,23-25H,1-13H3,(H,33,36)(H,38,39)/t23-,24-,25-/m1/s1. The predicted octanol–water partition coefficient (Wildman–Crippen LogP) is 5.34. The first-order valence-electron chi connectivity index (χ1n) is 14.1. The van der Waals surface area contributed by atoms with Crippen LogP contribution in [-0.2, 0) is 24.5 Å². The largest absolute Gasteiger partial charge is 0.478 e. The molecule has 1 aromatic rings. The topological polar surface area (TPSA) is 116 Å². The van der Waals surface area contributed by atoms with Gasteiger partial charge in [0.2, 0.25) is 17.4 Å². The second-order valence-electron chi connectivity index (χ2n) is 13.0. The normalized spacial score (nSPS) is 14.3. The minimum Gasteiger partial charge on any atom is -0.478 e. The minimum absolute atomic E-state index is 0.130. The molecule has 0 unspecified atom stereocenters. The van der Waals surface area contributed by atoms with Crippen LogP contribution in [0.5, 0.6) is 0 Å². The molecule has 42 heavy (non-hydrogen) atoms. The Kier molecular flexibility index (Phi) is 12.7. The average Bonchev–Trinajstić information content (AvgIpc) is 2.89. The van der Waals surface area contributed by atoms with E-state index in [0.29, 0.717) is 0 Å². The first-order valence-corrected chi connectivity index (χ1v) is 15.4. The van der Waals surface area contributed by atoms with Crippen LogP contribution in [-0.4, -0.2) is 87.6 Å². The van der Waals surface area contributed by atoms with Gasteiger partial charge in [-0.25, -0.2) is 9.59 Å². The van der Waals surface area contributed by atoms with Gasteiger partial charge in [0.25, 0.3) is 0 Å². The van der Waals surface area contributed by atoms with Crippen molar-refractivity contribution < 1.29 is 29.0 Å². The Morgan fingerprint density at radius 3 is 1.90 bits per heavy atom. The van der Waals surface area contributed by atoms with Gasteiger partial charge in [0.05, 0.1) is 6.04 Å². The van der Waals surface area contributed by atoms with Crippen molar-refractivity contribution in [3.05, 3.63) is 47.5 Å². The van der Waals surface area contributed by atoms with Crippen molar-refractivity contribution in [3.63, 3.8) is 0 Å². The van der Waals surface area contributed by atoms with Crippen LogP contribution in [0, 0.1) is 5.92 Å². The van der Waals surface area contributed by atoms with Crippen LogP contribution < -0.4 is 5.32 Å². The van der Waals surface area contributed by atoms with Crippen molar-refractivity contribution in [3.8, 4) is 0 Å². The molecule has 0 saturated heterocycles. The number of rotatable bonds is 13. The molecule has 10 heteroatoms. The van der Waals surface area contributed by atoms with E-state index in [1.807, 2.05) is 98.1 Å². The lowest BCUT2D eigenvalue weighted by molar-refractivity contribution is -0.156. The third-order valence-corrected chi connectivity index (χ3v) is 9.01. The molecule has 0 heterocycles. The maximum atomic E-state index is 14.3. The van der Waals surface area contributed by atoms with E-state index in [1.165, 1.54) is 32.7 Å². The van der Waals surface area contributed by atoms with Crippen molar-refractivity contribution in [1.29, 1.82) is 0 Å². The van der Waals surface area contributed by atoms with E-state index in [0.717, 1.165) is 16.0 Å². The summed E-state index contributed by atoms with van der Waals surface area (Å²) in [7, 11) is 3.15. The molecule has 1 rings (SSSR count). The first-order chi connectivity index (χ1) is 19.1. The molecule has 0 aliphatic heterocycles. The monoisotopic (exact) mass is 605 g/mol. The number of carbonyl (C=O) groups excluding carboxylic acids is 3. The van der Waals surface area contributed by atoms with Crippen molar-refractivity contribution in [2.75, 3.05) is 20.4 Å². The molecule has 0 bridgehead atoms. The SMILES string of the molecule is CSC(C)(C)[C@H](NC(=O)[C@@H](N(C)C(=O)OC(C)(C)C(=O)O)C(C)(C)c1ccccc1)C(=O)N(C)[C@H](C=C(C)C)C(C)C. The molecule has 0 aliphatic carbocycles. The maximum Gasteiger partial charge on any atom is 0.411 e. The fourth-order valence-corrected chi connectivity index (χ4v) is 5.16. The molecule has 0 fully saturated rings. The number of benzene rings is 1. The zero-order chi connectivity index (χ0) is 32.8. The van der Waals surface area contributed by atoms with Crippen LogP contribution in [0.25, 0.3) is 0 Å². The van der Waals surface area contributed by atoms with Crippen LogP contribution in [0.15, 0.2) is 42.0 Å². The molecule has 0 aliphatic rings. The third kappa shape index (κ3) is 8.99. The predicted molar refractivity (Wildman–Crippen MR) is 170 cm³/mol. The summed E-state index contributed by atoms with van der Waals surface area (Å²) in [5.74, 6) is -2.01. The molecular formula is C32H51N3O6S. The molecule has 0 spiro atoms. The van der Waals surface area contributed by atoms with Gasteiger partial charge in [-0.05, 0) is 59.3 Å². The number of hydrogen-bond acceptors (Lipinski definition) is 6. The molecule has 2 N–H and O–H groups in total. The quantitative estimate of drug-likeness (QED) is 0.292. The van der Waals surface area contributed by atoms with E-state index in [9.17, 15) is 24.3 Å². The van der Waals surface area contributed by atoms with Gasteiger partial charge in [-0.3, -0.25) is 14.5 Å². The van der Waals surface area contributed by atoms with Crippen LogP contribution in [0.1, 0.15) is 74.8 Å². The molecule has 3 amide bonds. The summed E-state index contributed by atoms with van der Waals surface area (Å²) in [6.07, 6.45) is 2.95. The van der Waals surface area contributed by atoms with Gasteiger partial charge in [-0.15, -0.1) is 0 Å². The molecule has 0 aromatic heterocycles. The lowest BCUT2D eigenvalue weighted by atomic mass is 9.76. The highest BCUT2D eigenvalue weighted by atomic mass is 32.2. The fraction of sp³-hybridized carbons (Fsp3) is 0.625. The Labute approximate surface area is 256 Å². The van der Waals surface area contributed by atoms with Crippen LogP contribution >= 0.6 is 11.8 Å². The van der Waals surface area contributed by atoms with Crippen LogP contribution in [0.4, 0.5) is 4.79 Å². The van der Waals surface area contributed by atoms with Gasteiger partial charge in [0.15, 0.2) is 0 Å². The number of nitrogens with one attached hydrogen (secondary N) is 1. The molecule has 0 radical (unpaired) electrons. The molecule has 1 aromatic carbocycles. The second-order valence-corrected chi connectivity index (χ2v) is 14.4. The van der Waals surface area contributed by atoms with Crippen molar-refractivity contribution in [2.45, 2.75) is 103 Å². The Hall–Kier alpha value is -3.01. The first kappa shape index (κ1) is 37.0. The Balaban J connectivity index is 3.67. The van der Waals surface area contributed by atoms with E-state index >= 15 is 0 Å². The summed E-state index contributed by atoms with van der Waals surface area (Å²) < 4.78 is 4.61. The van der Waals surface area contributed by atoms with E-state index in [2.05, 4.69) is 5.32 Å². The lowest BCUT2D eigenvalue weighted by Gasteiger charge is -2.42. The maximum absolute atomic E-state index is 14.3. The number of hydrogen-bond donors (Lipinski definition) is 2. The molecule has 0 saturated carbocycles. The second kappa shape index (κ2) is 14.4. The average molecular weight is 606 g/mol. The molecule has 9 nitrogen and oxygen atoms in total. The minimum atomic E-state index is -1.82. The van der Waals surface area contributed by atoms with Crippen molar-refractivity contribution >= 4 is 35.6 Å². The van der Waals surface area contributed by atoms with Gasteiger partial charge in [0.1, 0.15) is 12.1 Å². The summed E-state index contributed by atoms with van der Waals surface area (Å²) in [4.78, 5) is 56.2. The van der Waals surface area contributed by atoms with Gasteiger partial charge in [-0.1, -0.05) is 69.7 Å². The lowest BCUT2D eigenvalue weighted by Crippen LogP contribution is -2.64. The Morgan fingerprint density at radius 2 is 1.48 bits per heavy atom. The summed E-state index contributed by atoms with van der Waals surface area (Å²) in [6.45, 7) is 18.0. The summed E-state index contributed by atoms with van der Waals surface area (Å²) in [5.41, 5.74) is -0.929. The van der Waals surface area contributed by atoms with Gasteiger partial charge >= 0.3 is 12.1 Å². The number of carbonyl (C=O) groups is 4. The number of amides is 3. The highest BCUT2D eigenvalue weighted by Crippen LogP contribution is 2.33. The Morgan fingerprint density at radius 1 is 0.952 bits per heavy atom. The fourth-order valence-electron chi connectivity index (χ4n) is 4.77. The van der Waals surface area contributed by atoms with Crippen LogP contribution in [0.2, 0.25) is 0 Å². The summed E-state index contributed by atoms with van der Waals surface area (Å²) in [5, 5.41) is 12.5. The number of thioether (sulfide) groups is 1. The zero-order valence-corrected chi connectivity index (χ0v) is 28.4. The van der Waals surface area contributed by atoms with E-state index in [1.54, 1.807) is 11.9 Å². The summed E-state index contributed by atoms with van der Waals surface area (Å²) >= 11 is 1.45. The summed E-state index contributed by atoms with van der Waals surface area (Å²) in [6, 6.07) is 6.96. The number of nitrogens with zero attached hydrogens (tertiary/aromatic N) is 2. The van der Waals surface area contributed by atoms with E-state index in [4.69, 9.17) is 4.74 Å². The molecular weight excluding hydrogens is 554 g/mol. The third-order valence-electron chi connectivity index (χ3n) is 7.72. The number of carboxylic acids is 1. The van der Waals surface area contributed by atoms with Crippen molar-refractivity contribution in [1.82, 2.24) is 15.1 Å². The smallest absolute Gasteiger partial charge is 0.411 e. The van der Waals surface area contributed by atoms with Gasteiger partial charge < -0.3 is 20.1 Å². The zero-order valence-electron chi connectivity index (χ0n) is 27.6. The number of carboxylic acid groups (broad SMARTS) is 1.